The molecule has 0 aliphatic rings. The summed E-state index contributed by atoms with van der Waals surface area (Å²) in [4.78, 5) is 11.9. The minimum atomic E-state index is -0.0146. The molecular weight excluding hydrogens is 264 g/mol. The molecule has 1 N–H and O–H groups in total. The molecule has 0 saturated heterocycles. The van der Waals surface area contributed by atoms with Crippen LogP contribution in [0.15, 0.2) is 67.3 Å². The van der Waals surface area contributed by atoms with Gasteiger partial charge in [0.15, 0.2) is 0 Å². The van der Waals surface area contributed by atoms with E-state index in [1.807, 2.05) is 65.6 Å². The smallest absolute Gasteiger partial charge is 0.226 e. The average molecular weight is 280 g/mol. The van der Waals surface area contributed by atoms with E-state index in [2.05, 4.69) is 10.4 Å². The number of aromatic nitrogens is 3. The quantitative estimate of drug-likeness (QED) is 0.781. The highest BCUT2D eigenvalue weighted by atomic mass is 16.1. The second-order valence-corrected chi connectivity index (χ2v) is 4.72. The summed E-state index contributed by atoms with van der Waals surface area (Å²) in [6.45, 7) is 0.555. The van der Waals surface area contributed by atoms with Crippen molar-refractivity contribution in [2.75, 3.05) is 5.32 Å². The largest absolute Gasteiger partial charge is 0.326 e. The normalized spacial score (nSPS) is 10.5. The molecule has 0 unspecified atom stereocenters. The van der Waals surface area contributed by atoms with E-state index in [1.54, 1.807) is 10.9 Å². The Labute approximate surface area is 122 Å². The van der Waals surface area contributed by atoms with Crippen molar-refractivity contribution in [2.45, 2.75) is 13.0 Å². The summed E-state index contributed by atoms with van der Waals surface area (Å²) in [5.74, 6) is -0.0146. The molecule has 1 amide bonds. The summed E-state index contributed by atoms with van der Waals surface area (Å²) in [6.07, 6.45) is 8.03. The van der Waals surface area contributed by atoms with E-state index in [0.717, 1.165) is 11.4 Å². The number of anilines is 1. The van der Waals surface area contributed by atoms with Crippen LogP contribution >= 0.6 is 0 Å². The molecule has 1 aromatic carbocycles. The molecule has 0 spiro atoms. The summed E-state index contributed by atoms with van der Waals surface area (Å²) in [7, 11) is 0. The maximum Gasteiger partial charge on any atom is 0.226 e. The summed E-state index contributed by atoms with van der Waals surface area (Å²) in [5, 5.41) is 7.13. The molecule has 0 saturated carbocycles. The highest BCUT2D eigenvalue weighted by molar-refractivity contribution is 5.90. The Bertz CT molecular complexity index is 701. The van der Waals surface area contributed by atoms with Crippen molar-refractivity contribution >= 4 is 11.6 Å². The van der Waals surface area contributed by atoms with Gasteiger partial charge in [-0.15, -0.1) is 0 Å². The molecule has 0 radical (unpaired) electrons. The molecular formula is C16H16N4O. The number of rotatable bonds is 5. The fourth-order valence-corrected chi connectivity index (χ4v) is 2.08. The second-order valence-electron chi connectivity index (χ2n) is 4.72. The van der Waals surface area contributed by atoms with Crippen molar-refractivity contribution in [3.05, 3.63) is 67.3 Å². The zero-order valence-corrected chi connectivity index (χ0v) is 11.5. The van der Waals surface area contributed by atoms with Crippen molar-refractivity contribution < 1.29 is 4.79 Å². The molecule has 5 heteroatoms. The van der Waals surface area contributed by atoms with E-state index in [0.29, 0.717) is 13.0 Å². The van der Waals surface area contributed by atoms with E-state index in [4.69, 9.17) is 0 Å². The molecule has 3 aromatic rings. The van der Waals surface area contributed by atoms with Crippen LogP contribution in [0.5, 0.6) is 0 Å². The van der Waals surface area contributed by atoms with Gasteiger partial charge in [-0.2, -0.15) is 5.10 Å². The molecule has 0 bridgehead atoms. The van der Waals surface area contributed by atoms with Crippen LogP contribution in [-0.4, -0.2) is 20.3 Å². The Hall–Kier alpha value is -2.82. The van der Waals surface area contributed by atoms with Gasteiger partial charge in [0.2, 0.25) is 5.91 Å². The third-order valence-electron chi connectivity index (χ3n) is 3.15. The Morgan fingerprint density at radius 3 is 2.62 bits per heavy atom. The van der Waals surface area contributed by atoms with Crippen molar-refractivity contribution in [3.8, 4) is 5.69 Å². The van der Waals surface area contributed by atoms with Crippen LogP contribution in [0.2, 0.25) is 0 Å². The maximum atomic E-state index is 11.9. The standard InChI is InChI=1S/C16H16N4O/c21-16(18-14-6-2-1-3-7-14)8-11-20-13-15(12-17-20)19-9-4-5-10-19/h1-7,9-10,12-13H,8,11H2,(H,18,21). The first-order valence-corrected chi connectivity index (χ1v) is 6.82. The number of hydrogen-bond acceptors (Lipinski definition) is 2. The number of amides is 1. The zero-order chi connectivity index (χ0) is 14.5. The predicted octanol–water partition coefficient (Wildman–Crippen LogP) is 2.70. The fourth-order valence-electron chi connectivity index (χ4n) is 2.08. The molecule has 0 atom stereocenters. The minimum Gasteiger partial charge on any atom is -0.326 e. The molecule has 106 valence electrons. The first kappa shape index (κ1) is 13.2. The van der Waals surface area contributed by atoms with Crippen LogP contribution in [-0.2, 0) is 11.3 Å². The molecule has 0 aliphatic carbocycles. The van der Waals surface area contributed by atoms with Gasteiger partial charge in [-0.25, -0.2) is 0 Å². The Balaban J connectivity index is 1.54. The Morgan fingerprint density at radius 2 is 1.86 bits per heavy atom. The molecule has 0 fully saturated rings. The lowest BCUT2D eigenvalue weighted by Crippen LogP contribution is -2.14. The van der Waals surface area contributed by atoms with E-state index in [1.165, 1.54) is 0 Å². The van der Waals surface area contributed by atoms with E-state index in [-0.39, 0.29) is 5.91 Å². The molecule has 21 heavy (non-hydrogen) atoms. The van der Waals surface area contributed by atoms with Gasteiger partial charge in [-0.3, -0.25) is 9.48 Å². The SMILES string of the molecule is O=C(CCn1cc(-n2cccc2)cn1)Nc1ccccc1. The number of nitrogens with one attached hydrogen (secondary N) is 1. The molecule has 2 heterocycles. The van der Waals surface area contributed by atoms with Crippen LogP contribution in [0.4, 0.5) is 5.69 Å². The highest BCUT2D eigenvalue weighted by Crippen LogP contribution is 2.08. The number of carbonyl (C=O) groups is 1. The van der Waals surface area contributed by atoms with Crippen LogP contribution < -0.4 is 5.32 Å². The summed E-state index contributed by atoms with van der Waals surface area (Å²) >= 11 is 0. The van der Waals surface area contributed by atoms with Crippen molar-refractivity contribution in [2.24, 2.45) is 0 Å². The van der Waals surface area contributed by atoms with Gasteiger partial charge in [0.1, 0.15) is 0 Å². The number of benzene rings is 1. The summed E-state index contributed by atoms with van der Waals surface area (Å²) < 4.78 is 3.76. The third-order valence-corrected chi connectivity index (χ3v) is 3.15. The first-order valence-electron chi connectivity index (χ1n) is 6.82. The van der Waals surface area contributed by atoms with Gasteiger partial charge >= 0.3 is 0 Å². The van der Waals surface area contributed by atoms with Crippen LogP contribution in [0.25, 0.3) is 5.69 Å². The number of nitrogens with zero attached hydrogens (tertiary/aromatic N) is 3. The lowest BCUT2D eigenvalue weighted by molar-refractivity contribution is -0.116. The van der Waals surface area contributed by atoms with Crippen LogP contribution in [0, 0.1) is 0 Å². The molecule has 0 aliphatic heterocycles. The Morgan fingerprint density at radius 1 is 1.10 bits per heavy atom. The number of carbonyl (C=O) groups excluding carboxylic acids is 1. The average Bonchev–Trinajstić information content (AvgIpc) is 3.17. The van der Waals surface area contributed by atoms with Crippen molar-refractivity contribution in [1.29, 1.82) is 0 Å². The number of hydrogen-bond donors (Lipinski definition) is 1. The van der Waals surface area contributed by atoms with Crippen LogP contribution in [0.1, 0.15) is 6.42 Å². The first-order chi connectivity index (χ1) is 10.3. The van der Waals surface area contributed by atoms with Crippen LogP contribution in [0.3, 0.4) is 0 Å². The lowest BCUT2D eigenvalue weighted by atomic mass is 10.3. The van der Waals surface area contributed by atoms with E-state index in [9.17, 15) is 4.79 Å². The molecule has 5 nitrogen and oxygen atoms in total. The molecule has 2 aromatic heterocycles. The minimum absolute atomic E-state index is 0.0146. The monoisotopic (exact) mass is 280 g/mol. The summed E-state index contributed by atoms with van der Waals surface area (Å²) in [6, 6.07) is 13.4. The Kier molecular flexibility index (Phi) is 3.82. The van der Waals surface area contributed by atoms with Gasteiger partial charge in [0.05, 0.1) is 11.9 Å². The van der Waals surface area contributed by atoms with Crippen molar-refractivity contribution in [3.63, 3.8) is 0 Å². The predicted molar refractivity (Wildman–Crippen MR) is 81.2 cm³/mol. The molecule has 3 rings (SSSR count). The fraction of sp³-hybridized carbons (Fsp3) is 0.125. The van der Waals surface area contributed by atoms with Gasteiger partial charge in [-0.1, -0.05) is 18.2 Å². The van der Waals surface area contributed by atoms with E-state index >= 15 is 0 Å². The maximum absolute atomic E-state index is 11.9. The number of para-hydroxylation sites is 1. The second kappa shape index (κ2) is 6.09. The van der Waals surface area contributed by atoms with Gasteiger partial charge in [0.25, 0.3) is 0 Å². The lowest BCUT2D eigenvalue weighted by Gasteiger charge is -2.05. The third kappa shape index (κ3) is 3.39. The number of aryl methyl sites for hydroxylation is 1. The van der Waals surface area contributed by atoms with Gasteiger partial charge in [-0.05, 0) is 24.3 Å². The van der Waals surface area contributed by atoms with Gasteiger partial charge in [0, 0.05) is 37.2 Å². The van der Waals surface area contributed by atoms with Crippen molar-refractivity contribution in [1.82, 2.24) is 14.3 Å². The zero-order valence-electron chi connectivity index (χ0n) is 11.5. The van der Waals surface area contributed by atoms with E-state index < -0.39 is 0 Å². The summed E-state index contributed by atoms with van der Waals surface area (Å²) in [5.41, 5.74) is 1.81. The topological polar surface area (TPSA) is 51.9 Å². The van der Waals surface area contributed by atoms with Gasteiger partial charge < -0.3 is 9.88 Å². The highest BCUT2D eigenvalue weighted by Gasteiger charge is 2.04.